The normalized spacial score (nSPS) is 12.1. The predicted octanol–water partition coefficient (Wildman–Crippen LogP) is 2.18. The van der Waals surface area contributed by atoms with Gasteiger partial charge in [0.1, 0.15) is 5.75 Å². The van der Waals surface area contributed by atoms with E-state index in [-0.39, 0.29) is 5.60 Å². The zero-order valence-corrected chi connectivity index (χ0v) is 13.7. The smallest absolute Gasteiger partial charge is 0.191 e. The van der Waals surface area contributed by atoms with E-state index in [1.807, 2.05) is 45.0 Å². The summed E-state index contributed by atoms with van der Waals surface area (Å²) in [6.45, 7) is 8.21. The Labute approximate surface area is 127 Å². The first kappa shape index (κ1) is 17.3. The quantitative estimate of drug-likeness (QED) is 0.597. The number of nitrogens with one attached hydrogen (secondary N) is 2. The van der Waals surface area contributed by atoms with Crippen molar-refractivity contribution in [2.75, 3.05) is 27.3 Å². The lowest BCUT2D eigenvalue weighted by atomic mass is 10.1. The van der Waals surface area contributed by atoms with Gasteiger partial charge in [-0.25, -0.2) is 4.99 Å². The molecule has 0 heterocycles. The first-order chi connectivity index (χ1) is 10.0. The van der Waals surface area contributed by atoms with Gasteiger partial charge in [-0.3, -0.25) is 0 Å². The molecule has 0 aliphatic carbocycles. The summed E-state index contributed by atoms with van der Waals surface area (Å²) < 4.78 is 10.6. The Morgan fingerprint density at radius 2 is 2.00 bits per heavy atom. The number of hydrogen-bond donors (Lipinski definition) is 2. The number of benzene rings is 1. The highest BCUT2D eigenvalue weighted by Crippen LogP contribution is 2.13. The molecule has 0 bridgehead atoms. The highest BCUT2D eigenvalue weighted by molar-refractivity contribution is 5.79. The van der Waals surface area contributed by atoms with Crippen LogP contribution in [0.1, 0.15) is 26.3 Å². The third-order valence-electron chi connectivity index (χ3n) is 3.13. The van der Waals surface area contributed by atoms with Gasteiger partial charge in [-0.1, -0.05) is 12.1 Å². The van der Waals surface area contributed by atoms with Crippen LogP contribution in [0.15, 0.2) is 29.3 Å². The molecule has 0 spiro atoms. The Balaban J connectivity index is 2.66. The summed E-state index contributed by atoms with van der Waals surface area (Å²) in [5.74, 6) is 1.63. The molecule has 21 heavy (non-hydrogen) atoms. The van der Waals surface area contributed by atoms with Crippen LogP contribution in [-0.2, 0) is 11.3 Å². The minimum absolute atomic E-state index is 0.230. The second-order valence-electron chi connectivity index (χ2n) is 5.36. The molecule has 118 valence electrons. The molecule has 0 radical (unpaired) electrons. The van der Waals surface area contributed by atoms with E-state index < -0.39 is 0 Å². The predicted molar refractivity (Wildman–Crippen MR) is 86.9 cm³/mol. The van der Waals surface area contributed by atoms with E-state index in [0.29, 0.717) is 13.1 Å². The average molecular weight is 293 g/mol. The first-order valence-electron chi connectivity index (χ1n) is 7.21. The molecule has 1 rings (SSSR count). The van der Waals surface area contributed by atoms with Gasteiger partial charge in [-0.15, -0.1) is 0 Å². The standard InChI is InChI=1S/C16H27N3O2/c1-6-17-15(19-12-16(2,3)21-5)18-11-13-8-7-9-14(10-13)20-4/h7-10H,6,11-12H2,1-5H3,(H2,17,18,19). The number of hydrogen-bond acceptors (Lipinski definition) is 3. The summed E-state index contributed by atoms with van der Waals surface area (Å²) in [7, 11) is 3.38. The summed E-state index contributed by atoms with van der Waals surface area (Å²) in [6, 6.07) is 7.93. The van der Waals surface area contributed by atoms with Crippen molar-refractivity contribution in [2.24, 2.45) is 4.99 Å². The zero-order valence-electron chi connectivity index (χ0n) is 13.7. The van der Waals surface area contributed by atoms with E-state index in [4.69, 9.17) is 9.47 Å². The highest BCUT2D eigenvalue weighted by Gasteiger charge is 2.16. The van der Waals surface area contributed by atoms with Crippen molar-refractivity contribution in [3.05, 3.63) is 29.8 Å². The third-order valence-corrected chi connectivity index (χ3v) is 3.13. The second-order valence-corrected chi connectivity index (χ2v) is 5.36. The van der Waals surface area contributed by atoms with E-state index in [1.165, 1.54) is 0 Å². The van der Waals surface area contributed by atoms with Gasteiger partial charge >= 0.3 is 0 Å². The zero-order chi connectivity index (χ0) is 15.7. The summed E-state index contributed by atoms with van der Waals surface area (Å²) in [4.78, 5) is 4.58. The monoisotopic (exact) mass is 293 g/mol. The number of guanidine groups is 1. The van der Waals surface area contributed by atoms with Gasteiger partial charge in [-0.05, 0) is 38.5 Å². The van der Waals surface area contributed by atoms with Gasteiger partial charge in [-0.2, -0.15) is 0 Å². The topological polar surface area (TPSA) is 54.9 Å². The van der Waals surface area contributed by atoms with Crippen molar-refractivity contribution in [1.82, 2.24) is 10.6 Å². The first-order valence-corrected chi connectivity index (χ1v) is 7.21. The van der Waals surface area contributed by atoms with E-state index in [9.17, 15) is 0 Å². The third kappa shape index (κ3) is 6.49. The number of rotatable bonds is 7. The van der Waals surface area contributed by atoms with Crippen LogP contribution < -0.4 is 15.4 Å². The summed E-state index contributed by atoms with van der Waals surface area (Å²) in [5.41, 5.74) is 0.879. The molecule has 0 amide bonds. The fourth-order valence-electron chi connectivity index (χ4n) is 1.65. The van der Waals surface area contributed by atoms with E-state index in [2.05, 4.69) is 15.6 Å². The molecule has 0 atom stereocenters. The van der Waals surface area contributed by atoms with Crippen molar-refractivity contribution in [1.29, 1.82) is 0 Å². The van der Waals surface area contributed by atoms with Crippen LogP contribution >= 0.6 is 0 Å². The Morgan fingerprint density at radius 3 is 2.62 bits per heavy atom. The molecule has 5 nitrogen and oxygen atoms in total. The Bertz CT molecular complexity index is 459. The number of nitrogens with zero attached hydrogens (tertiary/aromatic N) is 1. The van der Waals surface area contributed by atoms with Gasteiger partial charge < -0.3 is 20.1 Å². The summed E-state index contributed by atoms with van der Waals surface area (Å²) >= 11 is 0. The second kappa shape index (κ2) is 8.52. The van der Waals surface area contributed by atoms with E-state index in [0.717, 1.165) is 23.8 Å². The van der Waals surface area contributed by atoms with Crippen molar-refractivity contribution in [3.8, 4) is 5.75 Å². The molecule has 0 saturated heterocycles. The van der Waals surface area contributed by atoms with Crippen LogP contribution in [0.2, 0.25) is 0 Å². The van der Waals surface area contributed by atoms with Crippen molar-refractivity contribution in [2.45, 2.75) is 32.9 Å². The molecule has 1 aromatic carbocycles. The molecule has 0 fully saturated rings. The summed E-state index contributed by atoms with van der Waals surface area (Å²) in [5, 5.41) is 6.52. The fraction of sp³-hybridized carbons (Fsp3) is 0.562. The maximum atomic E-state index is 5.40. The van der Waals surface area contributed by atoms with Crippen molar-refractivity contribution >= 4 is 5.96 Å². The molecule has 0 aromatic heterocycles. The maximum Gasteiger partial charge on any atom is 0.191 e. The van der Waals surface area contributed by atoms with Crippen molar-refractivity contribution in [3.63, 3.8) is 0 Å². The minimum Gasteiger partial charge on any atom is -0.497 e. The van der Waals surface area contributed by atoms with Gasteiger partial charge in [0.15, 0.2) is 5.96 Å². The molecule has 1 aromatic rings. The van der Waals surface area contributed by atoms with Gasteiger partial charge in [0.2, 0.25) is 0 Å². The lowest BCUT2D eigenvalue weighted by Gasteiger charge is -2.24. The van der Waals surface area contributed by atoms with Gasteiger partial charge in [0.05, 0.1) is 19.3 Å². The molecule has 0 unspecified atom stereocenters. The molecular weight excluding hydrogens is 266 g/mol. The van der Waals surface area contributed by atoms with Gasteiger partial charge in [0, 0.05) is 20.2 Å². The molecule has 0 aliphatic rings. The number of methoxy groups -OCH3 is 2. The molecule has 2 N–H and O–H groups in total. The van der Waals surface area contributed by atoms with Crippen LogP contribution in [0.4, 0.5) is 0 Å². The van der Waals surface area contributed by atoms with Crippen LogP contribution in [0.5, 0.6) is 5.75 Å². The molecule has 0 aliphatic heterocycles. The summed E-state index contributed by atoms with van der Waals surface area (Å²) in [6.07, 6.45) is 0. The minimum atomic E-state index is -0.230. The highest BCUT2D eigenvalue weighted by atomic mass is 16.5. The fourth-order valence-corrected chi connectivity index (χ4v) is 1.65. The number of ether oxygens (including phenoxy) is 2. The van der Waals surface area contributed by atoms with E-state index in [1.54, 1.807) is 14.2 Å². The van der Waals surface area contributed by atoms with Gasteiger partial charge in [0.25, 0.3) is 0 Å². The Kier molecular flexibility index (Phi) is 7.02. The Morgan fingerprint density at radius 1 is 1.24 bits per heavy atom. The maximum absolute atomic E-state index is 5.40. The molecule has 0 saturated carbocycles. The van der Waals surface area contributed by atoms with Crippen molar-refractivity contribution < 1.29 is 9.47 Å². The van der Waals surface area contributed by atoms with Crippen LogP contribution in [-0.4, -0.2) is 38.9 Å². The lowest BCUT2D eigenvalue weighted by Crippen LogP contribution is -2.45. The molecule has 5 heteroatoms. The lowest BCUT2D eigenvalue weighted by molar-refractivity contribution is 0.0268. The average Bonchev–Trinajstić information content (AvgIpc) is 2.50. The SMILES string of the molecule is CCNC(=NCc1cccc(OC)c1)NCC(C)(C)OC. The van der Waals surface area contributed by atoms with Crippen LogP contribution in [0.25, 0.3) is 0 Å². The van der Waals surface area contributed by atoms with Crippen LogP contribution in [0.3, 0.4) is 0 Å². The molecular formula is C16H27N3O2. The number of aliphatic imine (C=N–C) groups is 1. The van der Waals surface area contributed by atoms with Crippen LogP contribution in [0, 0.1) is 0 Å². The largest absolute Gasteiger partial charge is 0.497 e. The van der Waals surface area contributed by atoms with E-state index >= 15 is 0 Å². The Hall–Kier alpha value is -1.75.